The molecule has 0 bridgehead atoms. The van der Waals surface area contributed by atoms with E-state index < -0.39 is 29.4 Å². The van der Waals surface area contributed by atoms with Crippen LogP contribution in [-0.2, 0) is 4.79 Å². The number of carbonyl (C=O) groups is 2. The van der Waals surface area contributed by atoms with Gasteiger partial charge in [-0.05, 0) is 43.4 Å². The molecule has 4 rings (SSSR count). The minimum absolute atomic E-state index is 0.0693. The molecule has 1 saturated heterocycles. The van der Waals surface area contributed by atoms with Gasteiger partial charge in [0.1, 0.15) is 17.2 Å². The number of benzene rings is 1. The Morgan fingerprint density at radius 1 is 1.11 bits per heavy atom. The zero-order valence-electron chi connectivity index (χ0n) is 18.2. The third-order valence-electron chi connectivity index (χ3n) is 5.78. The van der Waals surface area contributed by atoms with Crippen molar-refractivity contribution in [1.29, 1.82) is 0 Å². The molecule has 0 unspecified atom stereocenters. The topological polar surface area (TPSA) is 126 Å². The number of fused-ring (bicyclic) bond motifs is 1. The molecule has 0 amide bonds. The molecule has 2 aromatic rings. The SMILES string of the molecule is NCC(F)=C1CCN(c2cc3c(cc2F)c(=O)c(C(=O)O)cn3C2CC2)CC1.O=C(O)C(F)(F)F. The lowest BCUT2D eigenvalue weighted by atomic mass is 10.0. The Morgan fingerprint density at radius 3 is 2.14 bits per heavy atom. The molecule has 0 radical (unpaired) electrons. The average Bonchev–Trinajstić information content (AvgIpc) is 3.64. The van der Waals surface area contributed by atoms with Gasteiger partial charge >= 0.3 is 18.1 Å². The second-order valence-electron chi connectivity index (χ2n) is 8.14. The first-order valence-corrected chi connectivity index (χ1v) is 10.6. The Hall–Kier alpha value is -3.48. The van der Waals surface area contributed by atoms with Crippen molar-refractivity contribution in [3.05, 3.63) is 51.3 Å². The number of hydrogen-bond acceptors (Lipinski definition) is 5. The first kappa shape index (κ1) is 26.1. The number of hydrogen-bond donors (Lipinski definition) is 3. The number of pyridine rings is 1. The summed E-state index contributed by atoms with van der Waals surface area (Å²) in [6, 6.07) is 2.86. The van der Waals surface area contributed by atoms with Crippen LogP contribution in [0.5, 0.6) is 0 Å². The smallest absolute Gasteiger partial charge is 0.477 e. The first-order valence-electron chi connectivity index (χ1n) is 10.6. The highest BCUT2D eigenvalue weighted by Crippen LogP contribution is 2.38. The van der Waals surface area contributed by atoms with Gasteiger partial charge in [0.05, 0.1) is 11.2 Å². The van der Waals surface area contributed by atoms with Gasteiger partial charge in [-0.25, -0.2) is 18.4 Å². The number of halogens is 5. The molecule has 13 heteroatoms. The molecule has 2 aliphatic rings. The molecular weight excluding hydrogens is 481 g/mol. The molecule has 1 aliphatic carbocycles. The van der Waals surface area contributed by atoms with Gasteiger partial charge in [-0.1, -0.05) is 0 Å². The Morgan fingerprint density at radius 2 is 1.69 bits per heavy atom. The maximum atomic E-state index is 14.8. The van der Waals surface area contributed by atoms with Crippen LogP contribution in [0.15, 0.2) is 34.5 Å². The number of piperidine rings is 1. The van der Waals surface area contributed by atoms with Crippen molar-refractivity contribution in [3.8, 4) is 0 Å². The molecule has 1 aliphatic heterocycles. The van der Waals surface area contributed by atoms with Crippen LogP contribution in [0.2, 0.25) is 0 Å². The summed E-state index contributed by atoms with van der Waals surface area (Å²) in [5.74, 6) is -4.96. The third kappa shape index (κ3) is 5.78. The predicted molar refractivity (Wildman–Crippen MR) is 116 cm³/mol. The van der Waals surface area contributed by atoms with Gasteiger partial charge in [-0.2, -0.15) is 13.2 Å². The fourth-order valence-electron chi connectivity index (χ4n) is 3.84. The van der Waals surface area contributed by atoms with E-state index >= 15 is 0 Å². The number of alkyl halides is 3. The van der Waals surface area contributed by atoms with Crippen molar-refractivity contribution in [2.45, 2.75) is 37.9 Å². The summed E-state index contributed by atoms with van der Waals surface area (Å²) in [5.41, 5.74) is 5.86. The van der Waals surface area contributed by atoms with Gasteiger partial charge in [0.2, 0.25) is 5.43 Å². The summed E-state index contributed by atoms with van der Waals surface area (Å²) in [5, 5.41) is 16.5. The molecule has 190 valence electrons. The quantitative estimate of drug-likeness (QED) is 0.545. The van der Waals surface area contributed by atoms with Crippen LogP contribution >= 0.6 is 0 Å². The van der Waals surface area contributed by atoms with E-state index in [1.807, 2.05) is 4.90 Å². The Kier molecular flexibility index (Phi) is 7.48. The van der Waals surface area contributed by atoms with Crippen molar-refractivity contribution in [3.63, 3.8) is 0 Å². The van der Waals surface area contributed by atoms with Gasteiger partial charge < -0.3 is 25.4 Å². The zero-order valence-corrected chi connectivity index (χ0v) is 18.2. The Labute approximate surface area is 195 Å². The van der Waals surface area contributed by atoms with Gasteiger partial charge in [0, 0.05) is 37.3 Å². The molecule has 4 N–H and O–H groups in total. The second-order valence-corrected chi connectivity index (χ2v) is 8.14. The second kappa shape index (κ2) is 10.0. The van der Waals surface area contributed by atoms with Crippen molar-refractivity contribution < 1.29 is 41.8 Å². The van der Waals surface area contributed by atoms with Crippen LogP contribution in [0.1, 0.15) is 42.1 Å². The summed E-state index contributed by atoms with van der Waals surface area (Å²) in [6.07, 6.45) is -1.01. The third-order valence-corrected chi connectivity index (χ3v) is 5.78. The number of carboxylic acid groups (broad SMARTS) is 2. The van der Waals surface area contributed by atoms with Gasteiger partial charge in [-0.15, -0.1) is 0 Å². The largest absolute Gasteiger partial charge is 0.490 e. The van der Waals surface area contributed by atoms with E-state index in [9.17, 15) is 36.6 Å². The molecule has 8 nitrogen and oxygen atoms in total. The summed E-state index contributed by atoms with van der Waals surface area (Å²) in [7, 11) is 0. The van der Waals surface area contributed by atoms with Crippen molar-refractivity contribution in [2.75, 3.05) is 24.5 Å². The number of carboxylic acids is 2. The van der Waals surface area contributed by atoms with E-state index in [2.05, 4.69) is 0 Å². The monoisotopic (exact) mass is 503 g/mol. The van der Waals surface area contributed by atoms with Crippen molar-refractivity contribution in [2.24, 2.45) is 5.73 Å². The maximum absolute atomic E-state index is 14.8. The van der Waals surface area contributed by atoms with Crippen molar-refractivity contribution >= 4 is 28.5 Å². The summed E-state index contributed by atoms with van der Waals surface area (Å²) >= 11 is 0. The van der Waals surface area contributed by atoms with E-state index in [1.54, 1.807) is 10.6 Å². The number of aromatic nitrogens is 1. The van der Waals surface area contributed by atoms with Crippen LogP contribution in [0, 0.1) is 5.82 Å². The fourth-order valence-corrected chi connectivity index (χ4v) is 3.84. The predicted octanol–water partition coefficient (Wildman–Crippen LogP) is 3.59. The standard InChI is InChI=1S/C20H21F2N3O3.C2HF3O2/c21-15-7-13-17(25(12-1-2-12)10-14(19(13)26)20(27)28)8-18(15)24-5-3-11(4-6-24)16(22)9-23;3-2(4,5)1(6)7/h7-8,10,12H,1-6,9,23H2,(H,27,28);(H,6,7). The van der Waals surface area contributed by atoms with E-state index in [1.165, 1.54) is 6.20 Å². The van der Waals surface area contributed by atoms with Crippen LogP contribution in [0.3, 0.4) is 0 Å². The lowest BCUT2D eigenvalue weighted by Crippen LogP contribution is -2.32. The number of nitrogens with two attached hydrogens (primary N) is 1. The average molecular weight is 503 g/mol. The van der Waals surface area contributed by atoms with E-state index in [4.69, 9.17) is 15.6 Å². The first-order chi connectivity index (χ1) is 16.3. The van der Waals surface area contributed by atoms with E-state index in [-0.39, 0.29) is 29.4 Å². The highest BCUT2D eigenvalue weighted by molar-refractivity contribution is 5.93. The molecular formula is C22H22F5N3O5. The molecule has 2 heterocycles. The Balaban J connectivity index is 0.000000429. The number of nitrogens with zero attached hydrogens (tertiary/aromatic N) is 2. The van der Waals surface area contributed by atoms with Gasteiger partial charge in [0.25, 0.3) is 0 Å². The van der Waals surface area contributed by atoms with Crippen molar-refractivity contribution in [1.82, 2.24) is 4.57 Å². The number of aliphatic carboxylic acids is 1. The summed E-state index contributed by atoms with van der Waals surface area (Å²) < 4.78 is 62.1. The number of anilines is 1. The maximum Gasteiger partial charge on any atom is 0.490 e. The lowest BCUT2D eigenvalue weighted by Gasteiger charge is -2.31. The highest BCUT2D eigenvalue weighted by Gasteiger charge is 2.38. The minimum Gasteiger partial charge on any atom is -0.477 e. The molecule has 1 aromatic heterocycles. The zero-order chi connectivity index (χ0) is 26.1. The van der Waals surface area contributed by atoms with Crippen LogP contribution in [0.4, 0.5) is 27.6 Å². The lowest BCUT2D eigenvalue weighted by molar-refractivity contribution is -0.192. The summed E-state index contributed by atoms with van der Waals surface area (Å²) in [6.45, 7) is 0.775. The molecule has 0 atom stereocenters. The number of rotatable bonds is 4. The van der Waals surface area contributed by atoms with Gasteiger partial charge in [0.15, 0.2) is 0 Å². The highest BCUT2D eigenvalue weighted by atomic mass is 19.4. The normalized spacial score (nSPS) is 16.1. The minimum atomic E-state index is -5.08. The Bertz CT molecular complexity index is 1240. The van der Waals surface area contributed by atoms with E-state index in [0.29, 0.717) is 42.7 Å². The molecule has 1 aromatic carbocycles. The van der Waals surface area contributed by atoms with Crippen LogP contribution in [0.25, 0.3) is 10.9 Å². The van der Waals surface area contributed by atoms with E-state index in [0.717, 1.165) is 18.9 Å². The van der Waals surface area contributed by atoms with Crippen LogP contribution < -0.4 is 16.1 Å². The van der Waals surface area contributed by atoms with Crippen LogP contribution in [-0.4, -0.2) is 52.5 Å². The number of aromatic carboxylic acids is 1. The molecule has 2 fully saturated rings. The van der Waals surface area contributed by atoms with Gasteiger partial charge in [-0.3, -0.25) is 4.79 Å². The summed E-state index contributed by atoms with van der Waals surface area (Å²) in [4.78, 5) is 34.7. The molecule has 35 heavy (non-hydrogen) atoms. The fraction of sp³-hybridized carbons (Fsp3) is 0.409. The molecule has 0 spiro atoms. The molecule has 1 saturated carbocycles.